The number of carboxylic acid groups (broad SMARTS) is 1. The van der Waals surface area contributed by atoms with Crippen molar-refractivity contribution in [2.24, 2.45) is 5.92 Å². The van der Waals surface area contributed by atoms with Gasteiger partial charge in [-0.1, -0.05) is 6.07 Å². The molecule has 3 atom stereocenters. The molecule has 0 bridgehead atoms. The fourth-order valence-corrected chi connectivity index (χ4v) is 2.51. The second-order valence-corrected chi connectivity index (χ2v) is 5.31. The molecule has 20 heavy (non-hydrogen) atoms. The number of pyridine rings is 1. The van der Waals surface area contributed by atoms with E-state index in [1.807, 2.05) is 0 Å². The zero-order valence-corrected chi connectivity index (χ0v) is 11.9. The molecule has 2 rings (SSSR count). The number of nitrogens with one attached hydrogen (secondary N) is 2. The van der Waals surface area contributed by atoms with Crippen LogP contribution >= 0.6 is 15.9 Å². The highest BCUT2D eigenvalue weighted by Crippen LogP contribution is 2.24. The standard InChI is InChI=1S/C12H13BrFN3O3/c13-8-2-1-3-9(16-8)17-12(20)11-6(4-10(18)19)7(14)5-15-11/h1-3,6-7,11,15H,4-5H2,(H,18,19)(H,16,17,20)/t6-,7-,11+/m1/s1. The second kappa shape index (κ2) is 6.27. The number of anilines is 1. The van der Waals surface area contributed by atoms with Crippen LogP contribution < -0.4 is 10.6 Å². The molecule has 0 saturated carbocycles. The maximum absolute atomic E-state index is 13.6. The summed E-state index contributed by atoms with van der Waals surface area (Å²) in [6, 6.07) is 4.12. The molecule has 108 valence electrons. The summed E-state index contributed by atoms with van der Waals surface area (Å²) >= 11 is 3.17. The SMILES string of the molecule is O=C(O)C[C@@H]1[C@H](F)CN[C@@H]1C(=O)Nc1cccc(Br)n1. The molecule has 0 aliphatic carbocycles. The van der Waals surface area contributed by atoms with Gasteiger partial charge in [-0.3, -0.25) is 9.59 Å². The average Bonchev–Trinajstić information content (AvgIpc) is 2.70. The Bertz CT molecular complexity index is 528. The molecule has 3 N–H and O–H groups in total. The molecule has 2 heterocycles. The van der Waals surface area contributed by atoms with Crippen LogP contribution in [0.15, 0.2) is 22.8 Å². The van der Waals surface area contributed by atoms with Gasteiger partial charge in [0.25, 0.3) is 0 Å². The third kappa shape index (κ3) is 3.51. The van der Waals surface area contributed by atoms with Gasteiger partial charge in [-0.2, -0.15) is 0 Å². The number of carbonyl (C=O) groups excluding carboxylic acids is 1. The van der Waals surface area contributed by atoms with Crippen LogP contribution in [-0.4, -0.2) is 40.7 Å². The number of halogens is 2. The summed E-state index contributed by atoms with van der Waals surface area (Å²) in [4.78, 5) is 26.8. The first-order valence-corrected chi connectivity index (χ1v) is 6.79. The number of carboxylic acids is 1. The Morgan fingerprint density at radius 3 is 2.95 bits per heavy atom. The summed E-state index contributed by atoms with van der Waals surface area (Å²) in [6.07, 6.45) is -1.74. The molecule has 0 aromatic carbocycles. The van der Waals surface area contributed by atoms with Crippen molar-refractivity contribution < 1.29 is 19.1 Å². The number of carbonyl (C=O) groups is 2. The molecule has 0 spiro atoms. The molecule has 1 fully saturated rings. The van der Waals surface area contributed by atoms with E-state index in [-0.39, 0.29) is 6.54 Å². The molecule has 1 aromatic rings. The number of hydrogen-bond acceptors (Lipinski definition) is 4. The van der Waals surface area contributed by atoms with Crippen molar-refractivity contribution in [1.29, 1.82) is 0 Å². The van der Waals surface area contributed by atoms with Crippen LogP contribution in [0.1, 0.15) is 6.42 Å². The largest absolute Gasteiger partial charge is 0.481 e. The van der Waals surface area contributed by atoms with E-state index < -0.39 is 36.4 Å². The van der Waals surface area contributed by atoms with Gasteiger partial charge in [0.1, 0.15) is 16.6 Å². The van der Waals surface area contributed by atoms with Crippen LogP contribution in [0.25, 0.3) is 0 Å². The first kappa shape index (κ1) is 14.9. The van der Waals surface area contributed by atoms with Crippen molar-refractivity contribution in [2.75, 3.05) is 11.9 Å². The Kier molecular flexibility index (Phi) is 4.66. The lowest BCUT2D eigenvalue weighted by atomic mass is 9.95. The highest BCUT2D eigenvalue weighted by atomic mass is 79.9. The van der Waals surface area contributed by atoms with Crippen molar-refractivity contribution in [3.05, 3.63) is 22.8 Å². The summed E-state index contributed by atoms with van der Waals surface area (Å²) in [7, 11) is 0. The lowest BCUT2D eigenvalue weighted by Crippen LogP contribution is -2.41. The molecule has 0 radical (unpaired) electrons. The van der Waals surface area contributed by atoms with E-state index in [4.69, 9.17) is 5.11 Å². The van der Waals surface area contributed by atoms with Gasteiger partial charge >= 0.3 is 5.97 Å². The van der Waals surface area contributed by atoms with Crippen LogP contribution in [0.2, 0.25) is 0 Å². The minimum atomic E-state index is -1.35. The van der Waals surface area contributed by atoms with Gasteiger partial charge in [-0.25, -0.2) is 9.37 Å². The monoisotopic (exact) mass is 345 g/mol. The van der Waals surface area contributed by atoms with E-state index in [2.05, 4.69) is 31.5 Å². The van der Waals surface area contributed by atoms with Crippen LogP contribution in [0, 0.1) is 5.92 Å². The topological polar surface area (TPSA) is 91.3 Å². The Balaban J connectivity index is 2.06. The van der Waals surface area contributed by atoms with Crippen LogP contribution in [-0.2, 0) is 9.59 Å². The minimum absolute atomic E-state index is 0.0258. The third-order valence-corrected chi connectivity index (χ3v) is 3.53. The molecule has 1 aliphatic rings. The van der Waals surface area contributed by atoms with Gasteiger partial charge < -0.3 is 15.7 Å². The molecule has 1 aromatic heterocycles. The number of nitrogens with zero attached hydrogens (tertiary/aromatic N) is 1. The summed E-state index contributed by atoms with van der Waals surface area (Å²) in [5.74, 6) is -2.16. The molecule has 1 amide bonds. The van der Waals surface area contributed by atoms with Crippen molar-refractivity contribution >= 4 is 33.6 Å². The molecule has 1 aliphatic heterocycles. The summed E-state index contributed by atoms with van der Waals surface area (Å²) in [5.41, 5.74) is 0. The van der Waals surface area contributed by atoms with E-state index in [9.17, 15) is 14.0 Å². The quantitative estimate of drug-likeness (QED) is 0.713. The molecular weight excluding hydrogens is 333 g/mol. The number of amides is 1. The lowest BCUT2D eigenvalue weighted by Gasteiger charge is -2.18. The van der Waals surface area contributed by atoms with E-state index in [1.54, 1.807) is 18.2 Å². The fraction of sp³-hybridized carbons (Fsp3) is 0.417. The van der Waals surface area contributed by atoms with Gasteiger partial charge in [-0.05, 0) is 28.1 Å². The summed E-state index contributed by atoms with van der Waals surface area (Å²) in [5, 5.41) is 14.0. The van der Waals surface area contributed by atoms with Gasteiger partial charge in [0.2, 0.25) is 5.91 Å². The Morgan fingerprint density at radius 2 is 2.30 bits per heavy atom. The Hall–Kier alpha value is -1.54. The number of rotatable bonds is 4. The van der Waals surface area contributed by atoms with Gasteiger partial charge in [0.15, 0.2) is 0 Å². The molecule has 1 saturated heterocycles. The summed E-state index contributed by atoms with van der Waals surface area (Å²) < 4.78 is 14.2. The van der Waals surface area contributed by atoms with Crippen LogP contribution in [0.5, 0.6) is 0 Å². The van der Waals surface area contributed by atoms with Crippen LogP contribution in [0.4, 0.5) is 10.2 Å². The smallest absolute Gasteiger partial charge is 0.303 e. The minimum Gasteiger partial charge on any atom is -0.481 e. The number of hydrogen-bond donors (Lipinski definition) is 3. The van der Waals surface area contributed by atoms with Crippen molar-refractivity contribution in [2.45, 2.75) is 18.6 Å². The fourth-order valence-electron chi connectivity index (χ4n) is 2.17. The second-order valence-electron chi connectivity index (χ2n) is 4.50. The predicted octanol–water partition coefficient (Wildman–Crippen LogP) is 1.18. The Morgan fingerprint density at radius 1 is 1.55 bits per heavy atom. The maximum atomic E-state index is 13.6. The van der Waals surface area contributed by atoms with E-state index in [0.29, 0.717) is 10.4 Å². The highest BCUT2D eigenvalue weighted by Gasteiger charge is 2.41. The zero-order chi connectivity index (χ0) is 14.7. The van der Waals surface area contributed by atoms with Gasteiger partial charge in [0, 0.05) is 12.5 Å². The van der Waals surface area contributed by atoms with E-state index in [0.717, 1.165) is 0 Å². The normalized spacial score (nSPS) is 25.4. The molecule has 0 unspecified atom stereocenters. The van der Waals surface area contributed by atoms with Crippen molar-refractivity contribution in [1.82, 2.24) is 10.3 Å². The maximum Gasteiger partial charge on any atom is 0.303 e. The van der Waals surface area contributed by atoms with Crippen LogP contribution in [0.3, 0.4) is 0 Å². The van der Waals surface area contributed by atoms with Gasteiger partial charge in [-0.15, -0.1) is 0 Å². The van der Waals surface area contributed by atoms with Crippen molar-refractivity contribution in [3.63, 3.8) is 0 Å². The number of alkyl halides is 1. The zero-order valence-electron chi connectivity index (χ0n) is 10.3. The van der Waals surface area contributed by atoms with E-state index in [1.165, 1.54) is 0 Å². The highest BCUT2D eigenvalue weighted by molar-refractivity contribution is 9.10. The first-order valence-electron chi connectivity index (χ1n) is 6.00. The van der Waals surface area contributed by atoms with Crippen molar-refractivity contribution in [3.8, 4) is 0 Å². The van der Waals surface area contributed by atoms with E-state index >= 15 is 0 Å². The van der Waals surface area contributed by atoms with Gasteiger partial charge in [0.05, 0.1) is 12.5 Å². The Labute approximate surface area is 122 Å². The number of aromatic nitrogens is 1. The molecule has 8 heteroatoms. The number of aliphatic carboxylic acids is 1. The molecule has 6 nitrogen and oxygen atoms in total. The lowest BCUT2D eigenvalue weighted by molar-refractivity contribution is -0.138. The molecular formula is C12H13BrFN3O3. The first-order chi connectivity index (χ1) is 9.47. The average molecular weight is 346 g/mol. The predicted molar refractivity (Wildman–Crippen MR) is 73.0 cm³/mol. The summed E-state index contributed by atoms with van der Waals surface area (Å²) in [6.45, 7) is -0.0258. The third-order valence-electron chi connectivity index (χ3n) is 3.08.